The first-order valence-corrected chi connectivity index (χ1v) is 9.18. The molecule has 126 valence electrons. The lowest BCUT2D eigenvalue weighted by Gasteiger charge is -2.13. The van der Waals surface area contributed by atoms with Crippen LogP contribution in [0.25, 0.3) is 22.3 Å². The molecular formula is C18H15N2O4P. The molecule has 0 aliphatic heterocycles. The Morgan fingerprint density at radius 1 is 0.960 bits per heavy atom. The second-order valence-electron chi connectivity index (χ2n) is 5.61. The molecule has 1 heterocycles. The van der Waals surface area contributed by atoms with Gasteiger partial charge in [-0.3, -0.25) is 14.5 Å². The summed E-state index contributed by atoms with van der Waals surface area (Å²) in [6, 6.07) is 15.4. The van der Waals surface area contributed by atoms with Gasteiger partial charge in [-0.1, -0.05) is 36.4 Å². The minimum absolute atomic E-state index is 0.199. The van der Waals surface area contributed by atoms with Gasteiger partial charge in [0, 0.05) is 25.3 Å². The molecule has 1 aliphatic rings. The van der Waals surface area contributed by atoms with Crippen molar-refractivity contribution in [1.82, 2.24) is 10.2 Å². The van der Waals surface area contributed by atoms with Crippen molar-refractivity contribution in [2.24, 2.45) is 0 Å². The fraction of sp³-hybridized carbons (Fsp3) is 0.111. The van der Waals surface area contributed by atoms with Gasteiger partial charge in [-0.05, 0) is 28.8 Å². The van der Waals surface area contributed by atoms with Crippen molar-refractivity contribution in [3.8, 4) is 22.3 Å². The summed E-state index contributed by atoms with van der Waals surface area (Å²) < 4.78 is 23.0. The number of fused-ring (bicyclic) bond motifs is 3. The number of benzene rings is 2. The van der Waals surface area contributed by atoms with Gasteiger partial charge in [-0.25, -0.2) is 0 Å². The number of nitrogens with one attached hydrogen (secondary N) is 1. The molecule has 2 aromatic carbocycles. The number of hydrogen-bond acceptors (Lipinski definition) is 5. The number of aromatic nitrogens is 2. The summed E-state index contributed by atoms with van der Waals surface area (Å²) in [6.07, 6.45) is 0. The number of nitrogens with zero attached hydrogens (tertiary/aromatic N) is 1. The highest BCUT2D eigenvalue weighted by Gasteiger charge is 2.39. The van der Waals surface area contributed by atoms with E-state index in [-0.39, 0.29) is 16.9 Å². The maximum Gasteiger partial charge on any atom is 0.379 e. The Bertz CT molecular complexity index is 1020. The van der Waals surface area contributed by atoms with Crippen LogP contribution in [-0.2, 0) is 13.6 Å². The Balaban J connectivity index is 1.94. The standard InChI is InChI=1S/C18H15N2O4P/c1-23-25(22,24-2)18-15-14-10-12(11-6-4-3-5-7-11)8-9-13(14)17(21)16(15)19-20-18/h3-10H,1-2H3,(H,19,20). The number of aromatic amines is 1. The molecule has 0 atom stereocenters. The third-order valence-corrected chi connectivity index (χ3v) is 6.19. The van der Waals surface area contributed by atoms with E-state index in [2.05, 4.69) is 10.2 Å². The summed E-state index contributed by atoms with van der Waals surface area (Å²) in [5, 5.41) is 6.72. The van der Waals surface area contributed by atoms with Crippen LogP contribution < -0.4 is 5.44 Å². The van der Waals surface area contributed by atoms with Crippen LogP contribution in [-0.4, -0.2) is 30.2 Å². The van der Waals surface area contributed by atoms with Crippen LogP contribution in [0.5, 0.6) is 0 Å². The van der Waals surface area contributed by atoms with Crippen molar-refractivity contribution < 1.29 is 18.4 Å². The maximum atomic E-state index is 12.8. The minimum Gasteiger partial charge on any atom is -0.308 e. The van der Waals surface area contributed by atoms with Crippen LogP contribution in [0.3, 0.4) is 0 Å². The van der Waals surface area contributed by atoms with E-state index in [9.17, 15) is 9.36 Å². The lowest BCUT2D eigenvalue weighted by Crippen LogP contribution is -2.11. The van der Waals surface area contributed by atoms with E-state index in [0.29, 0.717) is 16.7 Å². The van der Waals surface area contributed by atoms with Gasteiger partial charge in [0.2, 0.25) is 5.78 Å². The summed E-state index contributed by atoms with van der Waals surface area (Å²) in [5.74, 6) is -0.203. The van der Waals surface area contributed by atoms with Crippen molar-refractivity contribution in [1.29, 1.82) is 0 Å². The van der Waals surface area contributed by atoms with Crippen LogP contribution in [0.4, 0.5) is 0 Å². The highest BCUT2D eigenvalue weighted by Crippen LogP contribution is 2.50. The Hall–Kier alpha value is -2.53. The summed E-state index contributed by atoms with van der Waals surface area (Å²) >= 11 is 0. The second-order valence-corrected chi connectivity index (χ2v) is 7.79. The highest BCUT2D eigenvalue weighted by atomic mass is 31.2. The van der Waals surface area contributed by atoms with E-state index in [1.807, 2.05) is 42.5 Å². The topological polar surface area (TPSA) is 81.3 Å². The van der Waals surface area contributed by atoms with Crippen molar-refractivity contribution in [2.45, 2.75) is 0 Å². The molecule has 6 nitrogen and oxygen atoms in total. The molecule has 1 aliphatic carbocycles. The Kier molecular flexibility index (Phi) is 3.69. The third-order valence-electron chi connectivity index (χ3n) is 4.36. The highest BCUT2D eigenvalue weighted by molar-refractivity contribution is 7.62. The van der Waals surface area contributed by atoms with Gasteiger partial charge in [-0.2, -0.15) is 5.10 Å². The minimum atomic E-state index is -3.57. The molecule has 0 saturated heterocycles. The van der Waals surface area contributed by atoms with Crippen molar-refractivity contribution in [3.05, 3.63) is 59.8 Å². The molecule has 7 heteroatoms. The number of rotatable bonds is 4. The fourth-order valence-corrected chi connectivity index (χ4v) is 4.28. The summed E-state index contributed by atoms with van der Waals surface area (Å²) in [5.41, 5.74) is 4.12. The molecule has 0 bridgehead atoms. The molecule has 0 amide bonds. The Morgan fingerprint density at radius 3 is 2.36 bits per heavy atom. The van der Waals surface area contributed by atoms with E-state index in [0.717, 1.165) is 11.1 Å². The van der Waals surface area contributed by atoms with Crippen LogP contribution in [0, 0.1) is 0 Å². The Morgan fingerprint density at radius 2 is 1.68 bits per heavy atom. The van der Waals surface area contributed by atoms with E-state index in [4.69, 9.17) is 9.05 Å². The Labute approximate surface area is 144 Å². The zero-order valence-corrected chi connectivity index (χ0v) is 14.5. The van der Waals surface area contributed by atoms with Crippen LogP contribution in [0.15, 0.2) is 48.5 Å². The van der Waals surface area contributed by atoms with Crippen LogP contribution >= 0.6 is 7.60 Å². The molecule has 0 fully saturated rings. The predicted molar refractivity (Wildman–Crippen MR) is 94.2 cm³/mol. The molecule has 0 saturated carbocycles. The number of hydrogen-bond donors (Lipinski definition) is 1. The molecule has 3 aromatic rings. The number of carbonyl (C=O) groups is 1. The third kappa shape index (κ3) is 2.30. The molecule has 0 spiro atoms. The monoisotopic (exact) mass is 354 g/mol. The molecule has 0 radical (unpaired) electrons. The van der Waals surface area contributed by atoms with Gasteiger partial charge in [0.05, 0.1) is 0 Å². The van der Waals surface area contributed by atoms with Gasteiger partial charge in [0.15, 0.2) is 5.44 Å². The molecule has 25 heavy (non-hydrogen) atoms. The van der Waals surface area contributed by atoms with Gasteiger partial charge < -0.3 is 9.05 Å². The average molecular weight is 354 g/mol. The first-order valence-electron chi connectivity index (χ1n) is 7.64. The quantitative estimate of drug-likeness (QED) is 0.568. The number of carbonyl (C=O) groups excluding carboxylic acids is 1. The summed E-state index contributed by atoms with van der Waals surface area (Å²) in [6.45, 7) is 0. The van der Waals surface area contributed by atoms with Crippen LogP contribution in [0.1, 0.15) is 16.1 Å². The van der Waals surface area contributed by atoms with Gasteiger partial charge >= 0.3 is 7.60 Å². The van der Waals surface area contributed by atoms with E-state index in [1.165, 1.54) is 14.2 Å². The van der Waals surface area contributed by atoms with E-state index in [1.54, 1.807) is 6.07 Å². The lowest BCUT2D eigenvalue weighted by atomic mass is 9.99. The first-order chi connectivity index (χ1) is 12.1. The smallest absolute Gasteiger partial charge is 0.308 e. The molecule has 1 N–H and O–H groups in total. The number of H-pyrrole nitrogens is 1. The van der Waals surface area contributed by atoms with Crippen molar-refractivity contribution >= 4 is 18.8 Å². The summed E-state index contributed by atoms with van der Waals surface area (Å²) in [4.78, 5) is 12.6. The summed E-state index contributed by atoms with van der Waals surface area (Å²) in [7, 11) is -0.964. The zero-order chi connectivity index (χ0) is 17.6. The normalized spacial score (nSPS) is 13.0. The molecular weight excluding hydrogens is 339 g/mol. The van der Waals surface area contributed by atoms with Gasteiger partial charge in [0.25, 0.3) is 0 Å². The van der Waals surface area contributed by atoms with Crippen molar-refractivity contribution in [3.63, 3.8) is 0 Å². The van der Waals surface area contributed by atoms with Gasteiger partial charge in [-0.15, -0.1) is 0 Å². The van der Waals surface area contributed by atoms with Crippen molar-refractivity contribution in [2.75, 3.05) is 14.2 Å². The first kappa shape index (κ1) is 16.0. The average Bonchev–Trinajstić information content (AvgIpc) is 3.22. The molecule has 1 aromatic heterocycles. The predicted octanol–water partition coefficient (Wildman–Crippen LogP) is 3.40. The molecule has 0 unspecified atom stereocenters. The molecule has 4 rings (SSSR count). The lowest BCUT2D eigenvalue weighted by molar-refractivity contribution is 0.103. The number of ketones is 1. The maximum absolute atomic E-state index is 12.8. The van der Waals surface area contributed by atoms with E-state index < -0.39 is 7.60 Å². The van der Waals surface area contributed by atoms with Gasteiger partial charge in [0.1, 0.15) is 5.69 Å². The largest absolute Gasteiger partial charge is 0.379 e. The fourth-order valence-electron chi connectivity index (χ4n) is 3.09. The van der Waals surface area contributed by atoms with Crippen LogP contribution in [0.2, 0.25) is 0 Å². The SMILES string of the molecule is COP(=O)(OC)c1[nH]nc2c1-c1cc(-c3ccccc3)ccc1C2=O. The second kappa shape index (κ2) is 5.77. The van der Waals surface area contributed by atoms with E-state index >= 15 is 0 Å². The zero-order valence-electron chi connectivity index (χ0n) is 13.6.